The van der Waals surface area contributed by atoms with E-state index in [1.807, 2.05) is 17.3 Å². The van der Waals surface area contributed by atoms with E-state index in [1.54, 1.807) is 18.2 Å². The second kappa shape index (κ2) is 10.2. The minimum Gasteiger partial charge on any atom is -0.384 e. The minimum atomic E-state index is -1.49. The summed E-state index contributed by atoms with van der Waals surface area (Å²) in [7, 11) is -1.30. The van der Waals surface area contributed by atoms with Crippen LogP contribution in [-0.4, -0.2) is 30.7 Å². The van der Waals surface area contributed by atoms with Gasteiger partial charge in [0.2, 0.25) is 0 Å². The maximum absolute atomic E-state index is 13.8. The van der Waals surface area contributed by atoms with Gasteiger partial charge in [0.1, 0.15) is 11.9 Å². The van der Waals surface area contributed by atoms with Crippen LogP contribution in [-0.2, 0) is 0 Å². The zero-order chi connectivity index (χ0) is 27.1. The van der Waals surface area contributed by atoms with Gasteiger partial charge in [0.25, 0.3) is 0 Å². The zero-order valence-corrected chi connectivity index (χ0v) is 22.9. The van der Waals surface area contributed by atoms with E-state index < -0.39 is 14.1 Å². The summed E-state index contributed by atoms with van der Waals surface area (Å²) < 4.78 is 23.3. The van der Waals surface area contributed by atoms with Gasteiger partial charge < -0.3 is 16.1 Å². The maximum atomic E-state index is 13.8. The van der Waals surface area contributed by atoms with E-state index in [1.165, 1.54) is 18.3 Å². The lowest BCUT2D eigenvalue weighted by Gasteiger charge is -2.23. The fraction of sp³-hybridized carbons (Fsp3) is 0.333. The topological polar surface area (TPSA) is 88.0 Å². The van der Waals surface area contributed by atoms with E-state index in [4.69, 9.17) is 11.6 Å². The van der Waals surface area contributed by atoms with Crippen molar-refractivity contribution in [2.75, 3.05) is 17.2 Å². The highest BCUT2D eigenvalue weighted by Gasteiger charge is 2.32. The highest BCUT2D eigenvalue weighted by molar-refractivity contribution is 6.76. The van der Waals surface area contributed by atoms with Crippen LogP contribution < -0.4 is 21.6 Å². The normalized spacial score (nSPS) is 17.5. The van der Waals surface area contributed by atoms with E-state index in [9.17, 15) is 11.0 Å². The molecule has 5 rings (SSSR count). The Kier molecular flexibility index (Phi) is 6.63. The Balaban J connectivity index is 1.56. The summed E-state index contributed by atoms with van der Waals surface area (Å²) in [5.74, 6) is -0.375. The third kappa shape index (κ3) is 5.82. The lowest BCUT2D eigenvalue weighted by molar-refractivity contribution is 0.260. The third-order valence-corrected chi connectivity index (χ3v) is 8.46. The summed E-state index contributed by atoms with van der Waals surface area (Å²) in [6.45, 7) is 7.64. The first kappa shape index (κ1) is 24.0. The summed E-state index contributed by atoms with van der Waals surface area (Å²) in [4.78, 5) is 4.45. The van der Waals surface area contributed by atoms with Gasteiger partial charge in [-0.3, -0.25) is 9.99 Å². The van der Waals surface area contributed by atoms with E-state index >= 15 is 0 Å². The first-order valence-corrected chi connectivity index (χ1v) is 16.5. The van der Waals surface area contributed by atoms with Gasteiger partial charge in [0.05, 0.1) is 34.9 Å². The van der Waals surface area contributed by atoms with Crippen molar-refractivity contribution >= 4 is 42.0 Å². The Morgan fingerprint density at radius 1 is 1.30 bits per heavy atom. The number of pyridine rings is 1. The largest absolute Gasteiger partial charge is 0.384 e. The number of nitrogens with one attached hydrogen (secondary N) is 4. The molecule has 0 amide bonds. The number of nitriles is 1. The summed E-state index contributed by atoms with van der Waals surface area (Å²) >= 11 is 6.70. The first-order valence-electron chi connectivity index (χ1n) is 12.9. The van der Waals surface area contributed by atoms with Gasteiger partial charge >= 0.3 is 0 Å². The number of hydrogen-bond donors (Lipinski definition) is 4. The van der Waals surface area contributed by atoms with Crippen LogP contribution in [0.15, 0.2) is 54.5 Å². The monoisotopic (exact) mass is 536 g/mol. The Morgan fingerprint density at radius 3 is 2.73 bits per heavy atom. The number of hydrazine groups is 2. The van der Waals surface area contributed by atoms with Gasteiger partial charge in [-0.2, -0.15) is 5.26 Å². The van der Waals surface area contributed by atoms with Crippen molar-refractivity contribution in [3.8, 4) is 6.07 Å². The van der Waals surface area contributed by atoms with Crippen LogP contribution in [0.5, 0.6) is 0 Å². The Morgan fingerprint density at radius 2 is 2.05 bits per heavy atom. The number of halogens is 2. The molecule has 1 saturated carbocycles. The van der Waals surface area contributed by atoms with Crippen LogP contribution in [0.4, 0.5) is 15.8 Å². The van der Waals surface area contributed by atoms with E-state index in [0.29, 0.717) is 50.2 Å². The van der Waals surface area contributed by atoms with Crippen molar-refractivity contribution < 1.29 is 5.76 Å². The van der Waals surface area contributed by atoms with E-state index in [0.717, 1.165) is 25.4 Å². The number of aromatic nitrogens is 1. The predicted octanol–water partition coefficient (Wildman–Crippen LogP) is 6.13. The van der Waals surface area contributed by atoms with E-state index in [2.05, 4.69) is 52.3 Å². The Hall–Kier alpha value is -3.32. The van der Waals surface area contributed by atoms with Crippen molar-refractivity contribution in [2.45, 2.75) is 50.6 Å². The zero-order valence-electron chi connectivity index (χ0n) is 22.1. The molecule has 0 unspecified atom stereocenters. The van der Waals surface area contributed by atoms with Crippen molar-refractivity contribution in [3.63, 3.8) is 0 Å². The van der Waals surface area contributed by atoms with Gasteiger partial charge in [-0.15, -0.1) is 5.53 Å². The molecular formula is C27H31ClFN7Si. The summed E-state index contributed by atoms with van der Waals surface area (Å²) in [6.07, 6.45) is 5.57. The van der Waals surface area contributed by atoms with Crippen LogP contribution in [0, 0.1) is 17.1 Å². The van der Waals surface area contributed by atoms with Crippen LogP contribution in [0.1, 0.15) is 31.4 Å². The molecule has 2 aliphatic rings. The summed E-state index contributed by atoms with van der Waals surface area (Å²) in [5.41, 5.74) is 9.60. The molecule has 0 radical (unpaired) electrons. The molecule has 1 atom stereocenters. The number of anilines is 2. The molecule has 1 aliphatic carbocycles. The van der Waals surface area contributed by atoms with Gasteiger partial charge in [-0.25, -0.2) is 4.39 Å². The molecule has 1 fully saturated rings. The Bertz CT molecular complexity index is 1430. The number of nitrogens with zero attached hydrogens (tertiary/aromatic N) is 3. The smallest absolute Gasteiger partial charge is 0.123 e. The molecule has 2 heterocycles. The van der Waals surface area contributed by atoms with Crippen LogP contribution in [0.2, 0.25) is 30.7 Å². The second-order valence-corrected chi connectivity index (χ2v) is 16.7. The first-order chi connectivity index (χ1) is 18.1. The number of fused-ring (bicyclic) bond motifs is 1. The minimum absolute atomic E-state index is 0.375. The molecule has 2 aromatic carbocycles. The molecular weight excluding hydrogens is 505 g/mol. The highest BCUT2D eigenvalue weighted by Crippen LogP contribution is 2.36. The molecule has 10 heteroatoms. The summed E-state index contributed by atoms with van der Waals surface area (Å²) in [6, 6.07) is 11.6. The SMILES string of the molecule is [2H][C@](Nc1cc(Cl)c2ncc(C#N)c(NCC[Si](C)(C)C)c2c1)(C1=CN(C2CC2)NN1)c1ccc(F)cc1. The van der Waals surface area contributed by atoms with Crippen LogP contribution in [0.3, 0.4) is 0 Å². The average molecular weight is 537 g/mol. The number of hydrogen-bond acceptors (Lipinski definition) is 7. The van der Waals surface area contributed by atoms with Gasteiger partial charge in [-0.1, -0.05) is 43.4 Å². The molecule has 1 aliphatic heterocycles. The molecule has 1 aromatic heterocycles. The Labute approximate surface area is 224 Å². The molecule has 7 nitrogen and oxygen atoms in total. The second-order valence-electron chi connectivity index (χ2n) is 10.7. The van der Waals surface area contributed by atoms with E-state index in [-0.39, 0.29) is 5.82 Å². The lowest BCUT2D eigenvalue weighted by Crippen LogP contribution is -2.38. The van der Waals surface area contributed by atoms with Gasteiger partial charge in [0.15, 0.2) is 0 Å². The quantitative estimate of drug-likeness (QED) is 0.245. The fourth-order valence-electron chi connectivity index (χ4n) is 4.23. The third-order valence-electron chi connectivity index (χ3n) is 6.42. The molecule has 0 saturated heterocycles. The van der Waals surface area contributed by atoms with Crippen molar-refractivity contribution in [1.82, 2.24) is 21.0 Å². The maximum Gasteiger partial charge on any atom is 0.123 e. The van der Waals surface area contributed by atoms with Crippen LogP contribution in [0.25, 0.3) is 10.9 Å². The van der Waals surface area contributed by atoms with Crippen molar-refractivity contribution in [3.05, 3.63) is 76.5 Å². The fourth-order valence-corrected chi connectivity index (χ4v) is 5.37. The molecule has 37 heavy (non-hydrogen) atoms. The van der Waals surface area contributed by atoms with Gasteiger partial charge in [0, 0.05) is 44.1 Å². The van der Waals surface area contributed by atoms with Gasteiger partial charge in [-0.05, 0) is 48.7 Å². The van der Waals surface area contributed by atoms with Crippen molar-refractivity contribution in [1.29, 1.82) is 5.26 Å². The highest BCUT2D eigenvalue weighted by atomic mass is 35.5. The molecule has 3 aromatic rings. The number of benzene rings is 2. The molecule has 0 spiro atoms. The number of rotatable bonds is 9. The predicted molar refractivity (Wildman–Crippen MR) is 150 cm³/mol. The van der Waals surface area contributed by atoms with Crippen LogP contribution >= 0.6 is 11.6 Å². The molecule has 192 valence electrons. The lowest BCUT2D eigenvalue weighted by atomic mass is 10.0. The standard InChI is InChI=1S/C27H31ClFN7Si/c1-37(2,3)11-10-31-25-18(14-30)15-32-27-22(25)12-20(13-23(27)28)33-26(17-4-6-19(29)7-5-17)24-16-36(35-34-24)21-8-9-21/h4-7,12-13,15-16,21,26,33-35H,8-11H2,1-3H3,(H,31,32)/t26-/m1/s1/i26D. The van der Waals surface area contributed by atoms with Crippen molar-refractivity contribution in [2.24, 2.45) is 0 Å². The average Bonchev–Trinajstić information content (AvgIpc) is 3.59. The molecule has 4 N–H and O–H groups in total. The summed E-state index contributed by atoms with van der Waals surface area (Å²) in [5, 5.41) is 19.6. The molecule has 0 bridgehead atoms.